The topological polar surface area (TPSA) is 103 Å². The summed E-state index contributed by atoms with van der Waals surface area (Å²) < 4.78 is 0. The van der Waals surface area contributed by atoms with Crippen molar-refractivity contribution in [3.8, 4) is 0 Å². The Hall–Kier alpha value is -2.13. The Morgan fingerprint density at radius 2 is 1.89 bits per heavy atom. The first kappa shape index (κ1) is 21.2. The smallest absolute Gasteiger partial charge is 0.244 e. The lowest BCUT2D eigenvalue weighted by atomic mass is 10.0. The Kier molecular flexibility index (Phi) is 8.05. The third-order valence-electron chi connectivity index (χ3n) is 4.11. The van der Waals surface area contributed by atoms with Gasteiger partial charge in [-0.15, -0.1) is 0 Å². The molecule has 2 rings (SSSR count). The minimum absolute atomic E-state index is 0.00756. The minimum atomic E-state index is -0.751. The monoisotopic (exact) mass is 408 g/mol. The molecular weight excluding hydrogens is 384 g/mol. The molecule has 0 radical (unpaired) electrons. The molecule has 1 aromatic carbocycles. The van der Waals surface area contributed by atoms with E-state index in [1.54, 1.807) is 0 Å². The molecule has 27 heavy (non-hydrogen) atoms. The maximum absolute atomic E-state index is 12.7. The van der Waals surface area contributed by atoms with E-state index in [-0.39, 0.29) is 17.6 Å². The molecule has 0 saturated heterocycles. The number of hydrogen-bond donors (Lipinski definition) is 5. The second kappa shape index (κ2) is 10.3. The maximum Gasteiger partial charge on any atom is 0.244 e. The fourth-order valence-corrected chi connectivity index (χ4v) is 3.43. The number of aromatic amines is 1. The summed E-state index contributed by atoms with van der Waals surface area (Å²) >= 11 is 5.35. The van der Waals surface area contributed by atoms with Crippen LogP contribution >= 0.6 is 24.4 Å². The number of thiol groups is 1. The van der Waals surface area contributed by atoms with Gasteiger partial charge in [-0.05, 0) is 17.9 Å². The maximum atomic E-state index is 12.7. The predicted octanol–water partition coefficient (Wildman–Crippen LogP) is 0.719. The number of nitrogens with one attached hydrogen (secondary N) is 4. The largest absolute Gasteiger partial charge is 0.361 e. The Balaban J connectivity index is 2.16. The molecule has 0 aliphatic heterocycles. The second-order valence-electron chi connectivity index (χ2n) is 5.97. The molecule has 0 unspecified atom stereocenters. The molecule has 0 aliphatic carbocycles. The van der Waals surface area contributed by atoms with Crippen LogP contribution in [0.5, 0.6) is 0 Å². The normalized spacial score (nSPS) is 13.0. The highest BCUT2D eigenvalue weighted by Gasteiger charge is 2.26. The Morgan fingerprint density at radius 1 is 1.15 bits per heavy atom. The van der Waals surface area contributed by atoms with Gasteiger partial charge in [0.1, 0.15) is 12.1 Å². The van der Waals surface area contributed by atoms with Crippen molar-refractivity contribution in [2.45, 2.75) is 18.5 Å². The van der Waals surface area contributed by atoms with Crippen LogP contribution in [0.2, 0.25) is 0 Å². The number of carbonyl (C=O) groups is 3. The van der Waals surface area contributed by atoms with Crippen LogP contribution in [-0.2, 0) is 20.8 Å². The summed E-state index contributed by atoms with van der Waals surface area (Å²) in [6.45, 7) is 0. The summed E-state index contributed by atoms with van der Waals surface area (Å²) in [6, 6.07) is 6.29. The number of amides is 3. The van der Waals surface area contributed by atoms with Crippen molar-refractivity contribution in [1.29, 1.82) is 0 Å². The Bertz CT molecular complexity index is 809. The van der Waals surface area contributed by atoms with Crippen molar-refractivity contribution in [2.75, 3.05) is 24.8 Å². The average molecular weight is 409 g/mol. The van der Waals surface area contributed by atoms with Gasteiger partial charge in [-0.3, -0.25) is 14.4 Å². The van der Waals surface area contributed by atoms with Crippen molar-refractivity contribution >= 4 is 53.0 Å². The lowest BCUT2D eigenvalue weighted by molar-refractivity contribution is -0.131. The molecule has 0 saturated carbocycles. The van der Waals surface area contributed by atoms with Crippen LogP contribution in [0.3, 0.4) is 0 Å². The van der Waals surface area contributed by atoms with Crippen LogP contribution in [0.1, 0.15) is 5.56 Å². The van der Waals surface area contributed by atoms with Gasteiger partial charge in [-0.1, -0.05) is 18.2 Å². The van der Waals surface area contributed by atoms with Crippen LogP contribution in [0.25, 0.3) is 10.9 Å². The zero-order chi connectivity index (χ0) is 19.8. The van der Waals surface area contributed by atoms with Crippen molar-refractivity contribution in [3.63, 3.8) is 0 Å². The van der Waals surface area contributed by atoms with Crippen LogP contribution in [0.15, 0.2) is 30.5 Å². The van der Waals surface area contributed by atoms with E-state index >= 15 is 0 Å². The molecule has 2 atom stereocenters. The highest BCUT2D eigenvalue weighted by Crippen LogP contribution is 2.19. The highest BCUT2D eigenvalue weighted by atomic mass is 32.2. The number of aromatic nitrogens is 1. The Labute approximate surface area is 167 Å². The first-order chi connectivity index (χ1) is 13.0. The number of carbonyl (C=O) groups excluding carboxylic acids is 3. The lowest BCUT2D eigenvalue weighted by Gasteiger charge is -2.22. The minimum Gasteiger partial charge on any atom is -0.361 e. The average Bonchev–Trinajstić information content (AvgIpc) is 3.09. The first-order valence-corrected chi connectivity index (χ1v) is 10.5. The van der Waals surface area contributed by atoms with E-state index in [2.05, 4.69) is 33.6 Å². The van der Waals surface area contributed by atoms with Crippen molar-refractivity contribution < 1.29 is 14.4 Å². The molecule has 3 amide bonds. The molecule has 7 nitrogen and oxygen atoms in total. The van der Waals surface area contributed by atoms with Gasteiger partial charge in [-0.2, -0.15) is 24.4 Å². The molecule has 0 fully saturated rings. The van der Waals surface area contributed by atoms with E-state index in [4.69, 9.17) is 0 Å². The molecule has 4 N–H and O–H groups in total. The molecule has 2 aromatic rings. The highest BCUT2D eigenvalue weighted by molar-refractivity contribution is 7.98. The summed E-state index contributed by atoms with van der Waals surface area (Å²) in [5.41, 5.74) is 1.90. The van der Waals surface area contributed by atoms with Crippen molar-refractivity contribution in [3.05, 3.63) is 36.0 Å². The van der Waals surface area contributed by atoms with Gasteiger partial charge in [0.25, 0.3) is 0 Å². The number of thioether (sulfide) groups is 1. The summed E-state index contributed by atoms with van der Waals surface area (Å²) in [5, 5.41) is 8.99. The third kappa shape index (κ3) is 5.67. The zero-order valence-corrected chi connectivity index (χ0v) is 17.0. The summed E-state index contributed by atoms with van der Waals surface area (Å²) in [7, 11) is 1.53. The zero-order valence-electron chi connectivity index (χ0n) is 15.2. The Morgan fingerprint density at radius 3 is 2.56 bits per heavy atom. The van der Waals surface area contributed by atoms with E-state index in [1.165, 1.54) is 18.8 Å². The summed E-state index contributed by atoms with van der Waals surface area (Å²) in [4.78, 5) is 39.8. The number of H-pyrrole nitrogens is 1. The number of para-hydroxylation sites is 1. The molecule has 0 spiro atoms. The number of rotatable bonds is 9. The van der Waals surface area contributed by atoms with E-state index in [9.17, 15) is 14.4 Å². The third-order valence-corrected chi connectivity index (χ3v) is 5.06. The quantitative estimate of drug-likeness (QED) is 0.395. The van der Waals surface area contributed by atoms with Gasteiger partial charge in [0.2, 0.25) is 17.7 Å². The first-order valence-electron chi connectivity index (χ1n) is 8.46. The van der Waals surface area contributed by atoms with Crippen LogP contribution < -0.4 is 16.0 Å². The van der Waals surface area contributed by atoms with E-state index in [1.807, 2.05) is 36.7 Å². The van der Waals surface area contributed by atoms with Crippen molar-refractivity contribution in [1.82, 2.24) is 20.9 Å². The van der Waals surface area contributed by atoms with Gasteiger partial charge >= 0.3 is 0 Å². The van der Waals surface area contributed by atoms with Gasteiger partial charge in [0.05, 0.1) is 5.75 Å². The molecule has 0 bridgehead atoms. The summed E-state index contributed by atoms with van der Waals surface area (Å²) in [5.74, 6) is -0.628. The molecule has 1 heterocycles. The number of likely N-dealkylation sites (N-methyl/N-ethyl adjacent to an activating group) is 1. The van der Waals surface area contributed by atoms with Gasteiger partial charge in [-0.25, -0.2) is 0 Å². The molecule has 146 valence electrons. The van der Waals surface area contributed by atoms with Gasteiger partial charge in [0.15, 0.2) is 0 Å². The van der Waals surface area contributed by atoms with E-state index < -0.39 is 18.0 Å². The van der Waals surface area contributed by atoms with Crippen LogP contribution in [-0.4, -0.2) is 59.6 Å². The fourth-order valence-electron chi connectivity index (χ4n) is 2.77. The summed E-state index contributed by atoms with van der Waals surface area (Å²) in [6.07, 6.45) is 4.02. The SMILES string of the molecule is CNC(=O)[C@H](Cc1c[nH]c2ccccc12)NC(=O)[C@H](CSC)NC(=O)CS. The molecular formula is C18H24N4O3S2. The van der Waals surface area contributed by atoms with E-state index in [0.29, 0.717) is 12.2 Å². The number of benzene rings is 1. The number of hydrogen-bond acceptors (Lipinski definition) is 5. The molecule has 0 aliphatic rings. The fraction of sp³-hybridized carbons (Fsp3) is 0.389. The molecule has 9 heteroatoms. The molecule has 1 aromatic heterocycles. The van der Waals surface area contributed by atoms with Gasteiger partial charge < -0.3 is 20.9 Å². The second-order valence-corrected chi connectivity index (χ2v) is 7.20. The van der Waals surface area contributed by atoms with Crippen LogP contribution in [0.4, 0.5) is 0 Å². The van der Waals surface area contributed by atoms with Crippen molar-refractivity contribution in [2.24, 2.45) is 0 Å². The van der Waals surface area contributed by atoms with Crippen LogP contribution in [0, 0.1) is 0 Å². The van der Waals surface area contributed by atoms with E-state index in [0.717, 1.165) is 16.5 Å². The predicted molar refractivity (Wildman–Crippen MR) is 112 cm³/mol. The number of fused-ring (bicyclic) bond motifs is 1. The lowest BCUT2D eigenvalue weighted by Crippen LogP contribution is -2.55. The van der Waals surface area contributed by atoms with Gasteiger partial charge in [0, 0.05) is 36.3 Å². The standard InChI is InChI=1S/C18H24N4O3S2/c1-19-17(24)14(7-11-8-20-13-6-4-3-5-12(11)13)22-18(25)15(10-27-2)21-16(23)9-26/h3-6,8,14-15,20,26H,7,9-10H2,1-2H3,(H,19,24)(H,21,23)(H,22,25)/t14-,15-/m0/s1.